The van der Waals surface area contributed by atoms with E-state index in [0.717, 1.165) is 18.4 Å². The summed E-state index contributed by atoms with van der Waals surface area (Å²) in [6.07, 6.45) is 3.68. The van der Waals surface area contributed by atoms with E-state index < -0.39 is 23.4 Å². The number of fused-ring (bicyclic) bond motifs is 1. The van der Waals surface area contributed by atoms with E-state index in [0.29, 0.717) is 48.7 Å². The van der Waals surface area contributed by atoms with Crippen molar-refractivity contribution in [2.75, 3.05) is 25.5 Å². The predicted molar refractivity (Wildman–Crippen MR) is 171 cm³/mol. The first-order valence-electron chi connectivity index (χ1n) is 15.1. The third-order valence-electron chi connectivity index (χ3n) is 7.93. The summed E-state index contributed by atoms with van der Waals surface area (Å²) in [6.45, 7) is 6.51. The molecule has 2 aromatic carbocycles. The second-order valence-electron chi connectivity index (χ2n) is 12.5. The lowest BCUT2D eigenvalue weighted by Gasteiger charge is -2.24. The summed E-state index contributed by atoms with van der Waals surface area (Å²) < 4.78 is 29.7. The van der Waals surface area contributed by atoms with Crippen LogP contribution in [-0.2, 0) is 11.3 Å². The fraction of sp³-hybridized carbons (Fsp3) is 0.394. The molecule has 3 N–H and O–H groups in total. The lowest BCUT2D eigenvalue weighted by atomic mass is 10.1. The Labute approximate surface area is 270 Å². The number of imidazole rings is 1. The summed E-state index contributed by atoms with van der Waals surface area (Å²) in [5, 5.41) is 7.89. The summed E-state index contributed by atoms with van der Waals surface area (Å²) in [4.78, 5) is 31.7. The van der Waals surface area contributed by atoms with Gasteiger partial charge in [0.2, 0.25) is 0 Å². The van der Waals surface area contributed by atoms with Gasteiger partial charge in [-0.25, -0.2) is 18.9 Å². The Morgan fingerprint density at radius 2 is 1.89 bits per heavy atom. The zero-order valence-corrected chi connectivity index (χ0v) is 26.8. The average Bonchev–Trinajstić information content (AvgIpc) is 3.41. The molecule has 0 bridgehead atoms. The number of rotatable bonds is 7. The molecule has 0 radical (unpaired) electrons. The summed E-state index contributed by atoms with van der Waals surface area (Å²) in [7, 11) is 1.59. The number of halogens is 2. The maximum Gasteiger partial charge on any atom is 0.410 e. The largest absolute Gasteiger partial charge is 0.497 e. The topological polar surface area (TPSA) is 130 Å². The van der Waals surface area contributed by atoms with E-state index in [1.807, 2.05) is 49.6 Å². The number of nitrogens with zero attached hydrogens (tertiary/aromatic N) is 5. The van der Waals surface area contributed by atoms with E-state index in [9.17, 15) is 9.59 Å². The number of primary amides is 1. The van der Waals surface area contributed by atoms with Gasteiger partial charge >= 0.3 is 6.09 Å². The molecule has 1 atom stereocenters. The first-order chi connectivity index (χ1) is 21.9. The molecule has 1 saturated carbocycles. The van der Waals surface area contributed by atoms with Gasteiger partial charge in [-0.05, 0) is 69.7 Å². The predicted octanol–water partition coefficient (Wildman–Crippen LogP) is 5.66. The molecule has 4 aromatic rings. The molecule has 3 heterocycles. The van der Waals surface area contributed by atoms with Gasteiger partial charge in [0.1, 0.15) is 28.2 Å². The van der Waals surface area contributed by atoms with Crippen molar-refractivity contribution in [3.63, 3.8) is 0 Å². The van der Waals surface area contributed by atoms with Crippen molar-refractivity contribution in [2.45, 2.75) is 64.3 Å². The van der Waals surface area contributed by atoms with Gasteiger partial charge in [0.25, 0.3) is 5.91 Å². The van der Waals surface area contributed by atoms with Crippen LogP contribution in [0.2, 0.25) is 5.02 Å². The first-order valence-corrected chi connectivity index (χ1v) is 15.4. The number of anilines is 1. The van der Waals surface area contributed by atoms with Crippen LogP contribution in [0.5, 0.6) is 5.75 Å². The molecule has 0 unspecified atom stereocenters. The lowest BCUT2D eigenvalue weighted by molar-refractivity contribution is 0.0288. The third kappa shape index (κ3) is 6.33. The minimum atomic E-state index is -0.745. The van der Waals surface area contributed by atoms with E-state index in [1.165, 1.54) is 0 Å². The molecule has 13 heteroatoms. The highest BCUT2D eigenvalue weighted by molar-refractivity contribution is 6.32. The molecule has 1 aliphatic carbocycles. The van der Waals surface area contributed by atoms with Gasteiger partial charge in [-0.3, -0.25) is 4.79 Å². The van der Waals surface area contributed by atoms with Crippen molar-refractivity contribution < 1.29 is 23.5 Å². The molecule has 2 amide bonds. The summed E-state index contributed by atoms with van der Waals surface area (Å²) in [5.74, 6) is 5.55. The number of amides is 2. The molecule has 1 saturated heterocycles. The van der Waals surface area contributed by atoms with Gasteiger partial charge in [-0.15, -0.1) is 0 Å². The number of likely N-dealkylation sites (tertiary alicyclic amines) is 1. The average molecular weight is 648 g/mol. The smallest absolute Gasteiger partial charge is 0.410 e. The van der Waals surface area contributed by atoms with Crippen LogP contribution in [0.1, 0.15) is 79.3 Å². The fourth-order valence-corrected chi connectivity index (χ4v) is 5.72. The number of ether oxygens (including phenoxy) is 2. The van der Waals surface area contributed by atoms with E-state index in [-0.39, 0.29) is 33.9 Å². The minimum Gasteiger partial charge on any atom is -0.497 e. The maximum absolute atomic E-state index is 15.4. The van der Waals surface area contributed by atoms with Crippen LogP contribution >= 0.6 is 11.6 Å². The van der Waals surface area contributed by atoms with Gasteiger partial charge in [0.15, 0.2) is 11.5 Å². The van der Waals surface area contributed by atoms with Gasteiger partial charge in [0, 0.05) is 31.2 Å². The van der Waals surface area contributed by atoms with Crippen molar-refractivity contribution in [2.24, 2.45) is 5.73 Å². The molecule has 1 aliphatic heterocycles. The quantitative estimate of drug-likeness (QED) is 0.248. The maximum atomic E-state index is 15.4. The summed E-state index contributed by atoms with van der Waals surface area (Å²) >= 11 is 6.46. The van der Waals surface area contributed by atoms with Gasteiger partial charge in [-0.1, -0.05) is 29.7 Å². The van der Waals surface area contributed by atoms with Crippen LogP contribution in [0.3, 0.4) is 0 Å². The summed E-state index contributed by atoms with van der Waals surface area (Å²) in [6, 6.07) is 9.02. The number of aromatic nitrogens is 4. The van der Waals surface area contributed by atoms with Crippen molar-refractivity contribution in [1.29, 1.82) is 0 Å². The Balaban J connectivity index is 1.37. The summed E-state index contributed by atoms with van der Waals surface area (Å²) in [5.41, 5.74) is 7.36. The van der Waals surface area contributed by atoms with Crippen LogP contribution in [0.25, 0.3) is 11.0 Å². The van der Waals surface area contributed by atoms with Crippen LogP contribution in [0, 0.1) is 17.7 Å². The molecule has 0 spiro atoms. The Hall–Kier alpha value is -4.76. The molecule has 2 aromatic heterocycles. The van der Waals surface area contributed by atoms with Crippen LogP contribution in [0.4, 0.5) is 15.0 Å². The highest BCUT2D eigenvalue weighted by Gasteiger charge is 2.34. The highest BCUT2D eigenvalue weighted by atomic mass is 35.5. The Kier molecular flexibility index (Phi) is 8.29. The normalized spacial score (nSPS) is 16.3. The lowest BCUT2D eigenvalue weighted by Crippen LogP contribution is -2.35. The number of nitrogens with one attached hydrogen (secondary N) is 1. The van der Waals surface area contributed by atoms with E-state index in [1.54, 1.807) is 29.1 Å². The van der Waals surface area contributed by atoms with Crippen LogP contribution in [0.15, 0.2) is 36.7 Å². The molecule has 11 nitrogen and oxygen atoms in total. The Morgan fingerprint density at radius 3 is 2.54 bits per heavy atom. The van der Waals surface area contributed by atoms with Crippen molar-refractivity contribution in [3.8, 4) is 17.6 Å². The monoisotopic (exact) mass is 647 g/mol. The number of methoxy groups -OCH3 is 1. The molecule has 2 fully saturated rings. The second-order valence-corrected chi connectivity index (χ2v) is 12.9. The van der Waals surface area contributed by atoms with E-state index >= 15 is 4.39 Å². The number of hydrogen-bond donors (Lipinski definition) is 2. The number of nitrogens with two attached hydrogens (primary N) is 1. The molecule has 2 aliphatic rings. The second kappa shape index (κ2) is 12.2. The molecule has 240 valence electrons. The van der Waals surface area contributed by atoms with Crippen LogP contribution < -0.4 is 15.8 Å². The highest BCUT2D eigenvalue weighted by Crippen LogP contribution is 2.39. The fourth-order valence-electron chi connectivity index (χ4n) is 5.53. The van der Waals surface area contributed by atoms with Crippen LogP contribution in [-0.4, -0.2) is 62.0 Å². The van der Waals surface area contributed by atoms with Crippen molar-refractivity contribution in [1.82, 2.24) is 24.2 Å². The van der Waals surface area contributed by atoms with Crippen molar-refractivity contribution >= 4 is 40.5 Å². The number of carbonyl (C=O) groups excluding carboxylic acids is 2. The molecular formula is C33H35ClFN7O4. The van der Waals surface area contributed by atoms with E-state index in [4.69, 9.17) is 31.9 Å². The SMILES string of the molecule is COc1ccc(CNc2c(C(N)=O)c(C#Cc3cc4ncn(C5CC5)c4c(F)c3Cl)nn2[C@H]2CCN(C(=O)OC(C)(C)C)C2)cc1. The third-order valence-corrected chi connectivity index (χ3v) is 8.30. The number of benzene rings is 2. The van der Waals surface area contributed by atoms with Gasteiger partial charge in [0.05, 0.1) is 30.0 Å². The molecule has 6 rings (SSSR count). The number of hydrogen-bond acceptors (Lipinski definition) is 7. The molecule has 46 heavy (non-hydrogen) atoms. The minimum absolute atomic E-state index is 0.0763. The zero-order chi connectivity index (χ0) is 32.7. The van der Waals surface area contributed by atoms with E-state index in [2.05, 4.69) is 22.1 Å². The molecular weight excluding hydrogens is 613 g/mol. The van der Waals surface area contributed by atoms with Crippen molar-refractivity contribution in [3.05, 3.63) is 69.9 Å². The standard InChI is InChI=1S/C33H35ClFN7O4/c1-33(2,3)46-32(44)40-14-13-22(17-40)42-31(37-16-19-5-10-23(45-4)11-6-19)26(30(36)43)24(39-42)12-7-20-15-25-29(28(35)27(20)34)41(18-38-25)21-8-9-21/h5-6,10-11,15,18,21-22,37H,8-9,13-14,16-17H2,1-4H3,(H2,36,43)/t22-/m0/s1. The van der Waals surface area contributed by atoms with Gasteiger partial charge < -0.3 is 30.0 Å². The first kappa shape index (κ1) is 31.2. The van der Waals surface area contributed by atoms with Gasteiger partial charge in [-0.2, -0.15) is 5.10 Å². The Morgan fingerprint density at radius 1 is 1.15 bits per heavy atom. The Bertz CT molecular complexity index is 1880. The zero-order valence-electron chi connectivity index (χ0n) is 26.1. The number of carbonyl (C=O) groups is 2.